The van der Waals surface area contributed by atoms with Gasteiger partial charge < -0.3 is 9.80 Å². The molecule has 0 radical (unpaired) electrons. The third-order valence-electron chi connectivity index (χ3n) is 4.61. The summed E-state index contributed by atoms with van der Waals surface area (Å²) >= 11 is 0. The Labute approximate surface area is 128 Å². The second-order valence-corrected chi connectivity index (χ2v) is 6.88. The van der Waals surface area contributed by atoms with Crippen LogP contribution in [0.2, 0.25) is 0 Å². The van der Waals surface area contributed by atoms with Crippen LogP contribution in [-0.4, -0.2) is 72.3 Å². The average Bonchev–Trinajstić information content (AvgIpc) is 2.63. The predicted molar refractivity (Wildman–Crippen MR) is 82.8 cm³/mol. The van der Waals surface area contributed by atoms with Crippen LogP contribution in [0.25, 0.3) is 0 Å². The number of rotatable bonds is 2. The second-order valence-electron chi connectivity index (χ2n) is 6.88. The molecule has 2 aliphatic heterocycles. The quantitative estimate of drug-likeness (QED) is 0.765. The first-order valence-electron chi connectivity index (χ1n) is 8.21. The van der Waals surface area contributed by atoms with Crippen molar-refractivity contribution < 1.29 is 9.59 Å². The predicted octanol–water partition coefficient (Wildman–Crippen LogP) is 1.05. The number of carbonyl (C=O) groups is 2. The standard InChI is InChI=1S/C16H29N3O2/c1-13-9-14(2)11-19(10-13)16(21)12-17-5-4-6-18(8-7-17)15(3)20/h13-14H,4-12H2,1-3H3. The Morgan fingerprint density at radius 2 is 1.62 bits per heavy atom. The van der Waals surface area contributed by atoms with Gasteiger partial charge in [0.15, 0.2) is 0 Å². The van der Waals surface area contributed by atoms with E-state index in [-0.39, 0.29) is 11.8 Å². The number of hydrogen-bond acceptors (Lipinski definition) is 3. The molecule has 2 fully saturated rings. The zero-order valence-electron chi connectivity index (χ0n) is 13.7. The van der Waals surface area contributed by atoms with E-state index in [1.54, 1.807) is 6.92 Å². The maximum atomic E-state index is 12.5. The van der Waals surface area contributed by atoms with E-state index in [0.717, 1.165) is 45.7 Å². The Bertz CT molecular complexity index is 376. The van der Waals surface area contributed by atoms with E-state index in [1.165, 1.54) is 6.42 Å². The van der Waals surface area contributed by atoms with E-state index in [4.69, 9.17) is 0 Å². The lowest BCUT2D eigenvalue weighted by atomic mass is 9.92. The van der Waals surface area contributed by atoms with Crippen molar-refractivity contribution in [3.05, 3.63) is 0 Å². The van der Waals surface area contributed by atoms with Gasteiger partial charge in [-0.3, -0.25) is 14.5 Å². The van der Waals surface area contributed by atoms with Crippen molar-refractivity contribution in [3.63, 3.8) is 0 Å². The van der Waals surface area contributed by atoms with Crippen LogP contribution >= 0.6 is 0 Å². The molecule has 2 unspecified atom stereocenters. The monoisotopic (exact) mass is 295 g/mol. The van der Waals surface area contributed by atoms with Gasteiger partial charge in [-0.15, -0.1) is 0 Å². The molecule has 0 saturated carbocycles. The van der Waals surface area contributed by atoms with Crippen LogP contribution in [0.3, 0.4) is 0 Å². The minimum Gasteiger partial charge on any atom is -0.342 e. The normalized spacial score (nSPS) is 28.3. The van der Waals surface area contributed by atoms with Crippen LogP contribution in [-0.2, 0) is 9.59 Å². The average molecular weight is 295 g/mol. The van der Waals surface area contributed by atoms with Crippen LogP contribution in [0.1, 0.15) is 33.6 Å². The molecule has 2 aliphatic rings. The Balaban J connectivity index is 1.83. The summed E-state index contributed by atoms with van der Waals surface area (Å²) in [7, 11) is 0. The molecule has 5 nitrogen and oxygen atoms in total. The Kier molecular flexibility index (Phi) is 5.62. The minimum atomic E-state index is 0.141. The molecule has 0 aromatic heterocycles. The summed E-state index contributed by atoms with van der Waals surface area (Å²) in [6, 6.07) is 0. The van der Waals surface area contributed by atoms with Gasteiger partial charge in [0.25, 0.3) is 0 Å². The van der Waals surface area contributed by atoms with Crippen molar-refractivity contribution in [2.45, 2.75) is 33.6 Å². The summed E-state index contributed by atoms with van der Waals surface area (Å²) < 4.78 is 0. The highest BCUT2D eigenvalue weighted by Gasteiger charge is 2.27. The fourth-order valence-electron chi connectivity index (χ4n) is 3.60. The number of likely N-dealkylation sites (tertiary alicyclic amines) is 1. The first kappa shape index (κ1) is 16.3. The lowest BCUT2D eigenvalue weighted by molar-refractivity contribution is -0.135. The molecule has 0 spiro atoms. The summed E-state index contributed by atoms with van der Waals surface area (Å²) in [5.74, 6) is 1.61. The van der Waals surface area contributed by atoms with E-state index in [1.807, 2.05) is 9.80 Å². The van der Waals surface area contributed by atoms with Gasteiger partial charge in [-0.2, -0.15) is 0 Å². The van der Waals surface area contributed by atoms with Crippen molar-refractivity contribution >= 4 is 11.8 Å². The van der Waals surface area contributed by atoms with Gasteiger partial charge in [0.1, 0.15) is 0 Å². The number of carbonyl (C=O) groups excluding carboxylic acids is 2. The van der Waals surface area contributed by atoms with Crippen LogP contribution in [0.5, 0.6) is 0 Å². The molecule has 0 aromatic carbocycles. The zero-order chi connectivity index (χ0) is 15.4. The van der Waals surface area contributed by atoms with E-state index in [9.17, 15) is 9.59 Å². The SMILES string of the molecule is CC(=O)N1CCCN(CC(=O)N2CC(C)CC(C)C2)CC1. The molecular formula is C16H29N3O2. The molecule has 21 heavy (non-hydrogen) atoms. The number of piperidine rings is 1. The summed E-state index contributed by atoms with van der Waals surface area (Å²) in [4.78, 5) is 30.0. The van der Waals surface area contributed by atoms with Crippen molar-refractivity contribution in [1.29, 1.82) is 0 Å². The molecule has 0 aliphatic carbocycles. The lowest BCUT2D eigenvalue weighted by Crippen LogP contribution is -2.47. The highest BCUT2D eigenvalue weighted by molar-refractivity contribution is 5.78. The van der Waals surface area contributed by atoms with Crippen molar-refractivity contribution in [2.75, 3.05) is 45.8 Å². The molecule has 2 amide bonds. The molecule has 5 heteroatoms. The van der Waals surface area contributed by atoms with Gasteiger partial charge in [-0.1, -0.05) is 13.8 Å². The lowest BCUT2D eigenvalue weighted by Gasteiger charge is -2.36. The largest absolute Gasteiger partial charge is 0.342 e. The molecular weight excluding hydrogens is 266 g/mol. The summed E-state index contributed by atoms with van der Waals surface area (Å²) in [6.45, 7) is 11.7. The highest BCUT2D eigenvalue weighted by atomic mass is 16.2. The van der Waals surface area contributed by atoms with Gasteiger partial charge in [0.05, 0.1) is 6.54 Å². The van der Waals surface area contributed by atoms with Gasteiger partial charge >= 0.3 is 0 Å². The minimum absolute atomic E-state index is 0.141. The van der Waals surface area contributed by atoms with Gasteiger partial charge in [0.2, 0.25) is 11.8 Å². The van der Waals surface area contributed by atoms with Crippen molar-refractivity contribution in [1.82, 2.24) is 14.7 Å². The van der Waals surface area contributed by atoms with Crippen LogP contribution in [0, 0.1) is 11.8 Å². The maximum absolute atomic E-state index is 12.5. The van der Waals surface area contributed by atoms with Crippen molar-refractivity contribution in [2.24, 2.45) is 11.8 Å². The highest BCUT2D eigenvalue weighted by Crippen LogP contribution is 2.21. The third-order valence-corrected chi connectivity index (χ3v) is 4.61. The molecule has 0 bridgehead atoms. The van der Waals surface area contributed by atoms with Gasteiger partial charge in [-0.25, -0.2) is 0 Å². The summed E-state index contributed by atoms with van der Waals surface area (Å²) in [6.07, 6.45) is 2.18. The van der Waals surface area contributed by atoms with E-state index in [2.05, 4.69) is 18.7 Å². The number of nitrogens with zero attached hydrogens (tertiary/aromatic N) is 3. The van der Waals surface area contributed by atoms with E-state index in [0.29, 0.717) is 18.4 Å². The first-order valence-corrected chi connectivity index (χ1v) is 8.21. The topological polar surface area (TPSA) is 43.9 Å². The van der Waals surface area contributed by atoms with Crippen LogP contribution in [0.15, 0.2) is 0 Å². The number of amides is 2. The molecule has 120 valence electrons. The number of hydrogen-bond donors (Lipinski definition) is 0. The Morgan fingerprint density at radius 1 is 0.952 bits per heavy atom. The summed E-state index contributed by atoms with van der Waals surface area (Å²) in [5.41, 5.74) is 0. The first-order chi connectivity index (χ1) is 9.95. The smallest absolute Gasteiger partial charge is 0.236 e. The van der Waals surface area contributed by atoms with Gasteiger partial charge in [-0.05, 0) is 24.7 Å². The van der Waals surface area contributed by atoms with E-state index >= 15 is 0 Å². The Morgan fingerprint density at radius 3 is 2.24 bits per heavy atom. The Hall–Kier alpha value is -1.10. The third kappa shape index (κ3) is 4.70. The molecule has 2 atom stereocenters. The fourth-order valence-corrected chi connectivity index (χ4v) is 3.60. The second kappa shape index (κ2) is 7.25. The molecule has 2 rings (SSSR count). The van der Waals surface area contributed by atoms with E-state index < -0.39 is 0 Å². The molecule has 0 aromatic rings. The van der Waals surface area contributed by atoms with Gasteiger partial charge in [0, 0.05) is 46.2 Å². The van der Waals surface area contributed by atoms with Crippen molar-refractivity contribution in [3.8, 4) is 0 Å². The zero-order valence-corrected chi connectivity index (χ0v) is 13.7. The summed E-state index contributed by atoms with van der Waals surface area (Å²) in [5, 5.41) is 0. The molecule has 2 heterocycles. The fraction of sp³-hybridized carbons (Fsp3) is 0.875. The molecule has 2 saturated heterocycles. The van der Waals surface area contributed by atoms with Crippen LogP contribution in [0.4, 0.5) is 0 Å². The maximum Gasteiger partial charge on any atom is 0.236 e. The van der Waals surface area contributed by atoms with Crippen LogP contribution < -0.4 is 0 Å². The molecule has 0 N–H and O–H groups in total.